The minimum atomic E-state index is -4.67. The largest absolute Gasteiger partial charge is 0.478 e. The molecule has 6 N–H and O–H groups in total. The number of hydrogen-bond acceptors (Lipinski definition) is 8. The summed E-state index contributed by atoms with van der Waals surface area (Å²) >= 11 is 0. The van der Waals surface area contributed by atoms with Crippen LogP contribution in [0.15, 0.2) is 46.4 Å². The smallest absolute Gasteiger partial charge is 0.336 e. The number of carboxylic acid groups (broad SMARTS) is 2. The summed E-state index contributed by atoms with van der Waals surface area (Å²) in [5, 5.41) is 25.1. The van der Waals surface area contributed by atoms with Crippen LogP contribution in [0.5, 0.6) is 0 Å². The summed E-state index contributed by atoms with van der Waals surface area (Å²) in [4.78, 5) is 46.5. The van der Waals surface area contributed by atoms with E-state index in [-0.39, 0.29) is 22.8 Å². The third kappa shape index (κ3) is 4.40. The van der Waals surface area contributed by atoms with E-state index in [0.717, 1.165) is 29.3 Å². The number of carbonyl (C=O) groups is 4. The summed E-state index contributed by atoms with van der Waals surface area (Å²) in [6.07, 6.45) is -0.462. The van der Waals surface area contributed by atoms with Crippen molar-refractivity contribution in [3.05, 3.63) is 47.5 Å². The Morgan fingerprint density at radius 1 is 1.03 bits per heavy atom. The summed E-state index contributed by atoms with van der Waals surface area (Å²) in [6, 6.07) is 6.42. The molecule has 3 rings (SSSR count). The molecule has 1 heterocycles. The first-order valence-corrected chi connectivity index (χ1v) is 10.0. The average Bonchev–Trinajstić information content (AvgIpc) is 3.09. The number of hydrogen-bond donors (Lipinski definition) is 5. The second kappa shape index (κ2) is 8.09. The second-order valence-corrected chi connectivity index (χ2v) is 7.84. The molecule has 0 radical (unpaired) electrons. The first kappa shape index (κ1) is 22.4. The van der Waals surface area contributed by atoms with Crippen molar-refractivity contribution < 1.29 is 42.4 Å². The minimum Gasteiger partial charge on any atom is -0.478 e. The van der Waals surface area contributed by atoms with Gasteiger partial charge in [-0.05, 0) is 36.4 Å². The van der Waals surface area contributed by atoms with Crippen LogP contribution in [-0.2, 0) is 19.7 Å². The SMILES string of the molecule is Nc1ccc(N2N=C(C(=O)Nc3ccc(C(=O)O)c(C(=O)O)c3)CC2=O)cc1S(=O)(=O)O. The van der Waals surface area contributed by atoms with Gasteiger partial charge in [-0.3, -0.25) is 14.1 Å². The molecule has 0 unspecified atom stereocenters. The van der Waals surface area contributed by atoms with Gasteiger partial charge in [-0.15, -0.1) is 0 Å². The zero-order valence-corrected chi connectivity index (χ0v) is 16.7. The van der Waals surface area contributed by atoms with Gasteiger partial charge in [0.2, 0.25) is 0 Å². The van der Waals surface area contributed by atoms with E-state index in [9.17, 15) is 32.1 Å². The highest BCUT2D eigenvalue weighted by Gasteiger charge is 2.31. The normalized spacial score (nSPS) is 13.6. The lowest BCUT2D eigenvalue weighted by atomic mass is 10.1. The number of rotatable bonds is 6. The summed E-state index contributed by atoms with van der Waals surface area (Å²) in [5.74, 6) is -4.54. The Hall–Kier alpha value is -4.30. The molecule has 0 aliphatic carbocycles. The molecule has 32 heavy (non-hydrogen) atoms. The number of carboxylic acids is 2. The highest BCUT2D eigenvalue weighted by Crippen LogP contribution is 2.28. The van der Waals surface area contributed by atoms with Gasteiger partial charge in [0.1, 0.15) is 10.6 Å². The molecule has 0 fully saturated rings. The molecule has 0 saturated carbocycles. The highest BCUT2D eigenvalue weighted by atomic mass is 32.2. The number of aromatic carboxylic acids is 2. The van der Waals surface area contributed by atoms with Crippen molar-refractivity contribution in [3.63, 3.8) is 0 Å². The van der Waals surface area contributed by atoms with Gasteiger partial charge < -0.3 is 21.3 Å². The molecular weight excluding hydrogens is 448 g/mol. The molecule has 0 saturated heterocycles. The van der Waals surface area contributed by atoms with Crippen molar-refractivity contribution in [3.8, 4) is 0 Å². The third-order valence-corrected chi connectivity index (χ3v) is 5.20. The molecule has 166 valence electrons. The number of hydrazone groups is 1. The maximum Gasteiger partial charge on any atom is 0.336 e. The molecule has 2 aromatic carbocycles. The fraction of sp³-hybridized carbons (Fsp3) is 0.0556. The van der Waals surface area contributed by atoms with Crippen molar-refractivity contribution in [2.75, 3.05) is 16.1 Å². The molecular formula is C18H14N4O9S. The number of nitrogens with one attached hydrogen (secondary N) is 1. The number of carbonyl (C=O) groups excluding carboxylic acids is 2. The number of amides is 2. The van der Waals surface area contributed by atoms with Gasteiger partial charge >= 0.3 is 11.9 Å². The Labute approximate surface area is 179 Å². The van der Waals surface area contributed by atoms with Gasteiger partial charge in [-0.2, -0.15) is 18.5 Å². The van der Waals surface area contributed by atoms with Crippen LogP contribution in [0.25, 0.3) is 0 Å². The van der Waals surface area contributed by atoms with E-state index in [1.54, 1.807) is 0 Å². The molecule has 0 aromatic heterocycles. The van der Waals surface area contributed by atoms with E-state index in [0.29, 0.717) is 0 Å². The van der Waals surface area contributed by atoms with Crippen LogP contribution in [-0.4, -0.2) is 52.6 Å². The molecule has 0 bridgehead atoms. The van der Waals surface area contributed by atoms with Gasteiger partial charge in [-0.25, -0.2) is 9.59 Å². The third-order valence-electron chi connectivity index (χ3n) is 4.30. The molecule has 13 nitrogen and oxygen atoms in total. The fourth-order valence-corrected chi connectivity index (χ4v) is 3.46. The van der Waals surface area contributed by atoms with Crippen LogP contribution >= 0.6 is 0 Å². The summed E-state index contributed by atoms with van der Waals surface area (Å²) in [7, 11) is -4.67. The predicted octanol–water partition coefficient (Wildman–Crippen LogP) is 0.643. The van der Waals surface area contributed by atoms with Crippen LogP contribution in [0, 0.1) is 0 Å². The Bertz CT molecular complexity index is 1320. The molecule has 0 spiro atoms. The fourth-order valence-electron chi connectivity index (χ4n) is 2.82. The topological polar surface area (TPSA) is 217 Å². The van der Waals surface area contributed by atoms with E-state index in [2.05, 4.69) is 10.4 Å². The van der Waals surface area contributed by atoms with E-state index < -0.39 is 56.3 Å². The van der Waals surface area contributed by atoms with E-state index >= 15 is 0 Å². The monoisotopic (exact) mass is 462 g/mol. The summed E-state index contributed by atoms with van der Waals surface area (Å²) < 4.78 is 32.1. The van der Waals surface area contributed by atoms with Crippen LogP contribution in [0.4, 0.5) is 17.1 Å². The quantitative estimate of drug-likeness (QED) is 0.298. The van der Waals surface area contributed by atoms with Gasteiger partial charge in [0.15, 0.2) is 0 Å². The number of nitrogens with two attached hydrogens (primary N) is 1. The van der Waals surface area contributed by atoms with Crippen LogP contribution in [0.3, 0.4) is 0 Å². The van der Waals surface area contributed by atoms with Crippen LogP contribution < -0.4 is 16.1 Å². The summed E-state index contributed by atoms with van der Waals surface area (Å²) in [5.41, 5.74) is 3.82. The Morgan fingerprint density at radius 2 is 1.69 bits per heavy atom. The molecule has 1 aliphatic rings. The minimum absolute atomic E-state index is 0.0489. The Morgan fingerprint density at radius 3 is 2.28 bits per heavy atom. The summed E-state index contributed by atoms with van der Waals surface area (Å²) in [6.45, 7) is 0. The zero-order valence-electron chi connectivity index (χ0n) is 15.8. The number of nitrogens with zero attached hydrogens (tertiary/aromatic N) is 2. The Balaban J connectivity index is 1.88. The standard InChI is InChI=1S/C18H14N4O9S/c19-12-4-2-9(6-14(12)32(29,30)31)22-15(23)7-13(21-22)16(24)20-8-1-3-10(17(25)26)11(5-8)18(27)28/h1-6H,7,19H2,(H,20,24)(H,25,26)(H,27,28)(H,29,30,31). The predicted molar refractivity (Wildman–Crippen MR) is 109 cm³/mol. The zero-order chi connectivity index (χ0) is 23.8. The maximum atomic E-state index is 12.5. The van der Waals surface area contributed by atoms with E-state index in [4.69, 9.17) is 15.9 Å². The van der Waals surface area contributed by atoms with Crippen molar-refractivity contribution >= 4 is 56.6 Å². The molecule has 14 heteroatoms. The molecule has 1 aliphatic heterocycles. The van der Waals surface area contributed by atoms with E-state index in [1.807, 2.05) is 0 Å². The Kier molecular flexibility index (Phi) is 5.66. The lowest BCUT2D eigenvalue weighted by Gasteiger charge is -2.13. The first-order valence-electron chi connectivity index (χ1n) is 8.58. The van der Waals surface area contributed by atoms with Gasteiger partial charge in [-0.1, -0.05) is 0 Å². The maximum absolute atomic E-state index is 12.5. The van der Waals surface area contributed by atoms with Crippen LogP contribution in [0.2, 0.25) is 0 Å². The van der Waals surface area contributed by atoms with Gasteiger partial charge in [0.05, 0.1) is 28.9 Å². The van der Waals surface area contributed by atoms with Crippen molar-refractivity contribution in [2.45, 2.75) is 11.3 Å². The number of benzene rings is 2. The lowest BCUT2D eigenvalue weighted by Crippen LogP contribution is -2.22. The molecule has 2 amide bonds. The van der Waals surface area contributed by atoms with Crippen LogP contribution in [0.1, 0.15) is 27.1 Å². The van der Waals surface area contributed by atoms with Crippen molar-refractivity contribution in [2.24, 2.45) is 5.10 Å². The lowest BCUT2D eigenvalue weighted by molar-refractivity contribution is -0.117. The molecule has 2 aromatic rings. The second-order valence-electron chi connectivity index (χ2n) is 6.45. The van der Waals surface area contributed by atoms with Crippen molar-refractivity contribution in [1.29, 1.82) is 0 Å². The van der Waals surface area contributed by atoms with E-state index in [1.165, 1.54) is 12.1 Å². The highest BCUT2D eigenvalue weighted by molar-refractivity contribution is 7.86. The van der Waals surface area contributed by atoms with Gasteiger partial charge in [0.25, 0.3) is 21.9 Å². The average molecular weight is 462 g/mol. The molecule has 0 atom stereocenters. The first-order chi connectivity index (χ1) is 14.9. The van der Waals surface area contributed by atoms with Gasteiger partial charge in [0, 0.05) is 5.69 Å². The number of nitrogen functional groups attached to an aromatic ring is 1. The van der Waals surface area contributed by atoms with Crippen molar-refractivity contribution in [1.82, 2.24) is 0 Å². The number of anilines is 3.